The third-order valence-corrected chi connectivity index (χ3v) is 4.06. The summed E-state index contributed by atoms with van der Waals surface area (Å²) in [5, 5.41) is 12.3. The summed E-state index contributed by atoms with van der Waals surface area (Å²) in [7, 11) is 0. The van der Waals surface area contributed by atoms with E-state index in [1.807, 2.05) is 66.7 Å². The maximum Gasteiger partial charge on any atom is 0.335 e. The normalized spacial score (nSPS) is 10.1. The molecule has 0 aliphatic carbocycles. The van der Waals surface area contributed by atoms with Crippen molar-refractivity contribution in [3.63, 3.8) is 0 Å². The average Bonchev–Trinajstić information content (AvgIpc) is 2.68. The fourth-order valence-electron chi connectivity index (χ4n) is 2.63. The van der Waals surface area contributed by atoms with E-state index in [1.54, 1.807) is 12.1 Å². The molecule has 5 heteroatoms. The van der Waals surface area contributed by atoms with Crippen molar-refractivity contribution in [2.45, 2.75) is 19.7 Å². The largest absolute Gasteiger partial charge is 1.00 e. The molecule has 0 bridgehead atoms. The van der Waals surface area contributed by atoms with Crippen molar-refractivity contribution < 1.29 is 27.0 Å². The minimum atomic E-state index is -0.908. The van der Waals surface area contributed by atoms with Crippen LogP contribution in [0.2, 0.25) is 0 Å². The van der Waals surface area contributed by atoms with Crippen molar-refractivity contribution in [1.82, 2.24) is 5.32 Å². The molecule has 0 saturated heterocycles. The average molecular weight is 383 g/mol. The number of ether oxygens (including phenoxy) is 1. The fraction of sp³-hybridized carbons (Fsp3) is 0.136. The van der Waals surface area contributed by atoms with Crippen LogP contribution in [-0.2, 0) is 19.7 Å². The lowest BCUT2D eigenvalue weighted by Crippen LogP contribution is -3.00. The Morgan fingerprint density at radius 1 is 0.815 bits per heavy atom. The molecule has 3 aromatic carbocycles. The highest BCUT2D eigenvalue weighted by molar-refractivity contribution is 5.87. The fourth-order valence-corrected chi connectivity index (χ4v) is 2.63. The zero-order valence-corrected chi connectivity index (χ0v) is 15.5. The topological polar surface area (TPSA) is 58.6 Å². The van der Waals surface area contributed by atoms with Gasteiger partial charge in [0.15, 0.2) is 0 Å². The van der Waals surface area contributed by atoms with Crippen LogP contribution in [0.3, 0.4) is 0 Å². The lowest BCUT2D eigenvalue weighted by atomic mass is 10.1. The van der Waals surface area contributed by atoms with Gasteiger partial charge in [0.2, 0.25) is 0 Å². The molecule has 3 aromatic rings. The van der Waals surface area contributed by atoms with Crippen molar-refractivity contribution >= 4 is 5.97 Å². The molecule has 140 valence electrons. The van der Waals surface area contributed by atoms with Crippen molar-refractivity contribution in [2.24, 2.45) is 0 Å². The van der Waals surface area contributed by atoms with Gasteiger partial charge in [-0.2, -0.15) is 0 Å². The number of carbonyl (C=O) groups is 1. The summed E-state index contributed by atoms with van der Waals surface area (Å²) in [6, 6.07) is 25.0. The highest BCUT2D eigenvalue weighted by Crippen LogP contribution is 2.19. The second-order valence-corrected chi connectivity index (χ2v) is 5.99. The molecule has 0 atom stereocenters. The van der Waals surface area contributed by atoms with E-state index in [4.69, 9.17) is 9.84 Å². The molecule has 0 amide bonds. The van der Waals surface area contributed by atoms with Gasteiger partial charge in [-0.3, -0.25) is 0 Å². The Labute approximate surface area is 165 Å². The zero-order chi connectivity index (χ0) is 18.2. The maximum atomic E-state index is 10.9. The highest BCUT2D eigenvalue weighted by Gasteiger charge is 2.05. The molecule has 0 aliphatic rings. The summed E-state index contributed by atoms with van der Waals surface area (Å²) in [6.07, 6.45) is 0. The molecule has 0 aliphatic heterocycles. The molecule has 0 spiro atoms. The van der Waals surface area contributed by atoms with E-state index in [0.29, 0.717) is 25.3 Å². The van der Waals surface area contributed by atoms with E-state index in [2.05, 4.69) is 5.32 Å². The number of hydrogen-bond acceptors (Lipinski definition) is 3. The van der Waals surface area contributed by atoms with Crippen LogP contribution in [0.5, 0.6) is 5.75 Å². The Hall–Kier alpha value is -2.82. The molecule has 0 aromatic heterocycles. The van der Waals surface area contributed by atoms with E-state index >= 15 is 0 Å². The predicted octanol–water partition coefficient (Wildman–Crippen LogP) is 1.26. The number of aromatic carboxylic acids is 1. The van der Waals surface area contributed by atoms with Crippen LogP contribution in [-0.4, -0.2) is 11.1 Å². The van der Waals surface area contributed by atoms with Crippen molar-refractivity contribution in [3.05, 3.63) is 101 Å². The van der Waals surface area contributed by atoms with Crippen LogP contribution in [0.1, 0.15) is 27.0 Å². The molecular weight excluding hydrogens is 362 g/mol. The van der Waals surface area contributed by atoms with Crippen LogP contribution in [0.25, 0.3) is 0 Å². The van der Waals surface area contributed by atoms with Crippen LogP contribution in [0.4, 0.5) is 0 Å². The first-order valence-corrected chi connectivity index (χ1v) is 8.50. The van der Waals surface area contributed by atoms with Gasteiger partial charge in [-0.25, -0.2) is 4.79 Å². The lowest BCUT2D eigenvalue weighted by Gasteiger charge is -2.12. The lowest BCUT2D eigenvalue weighted by molar-refractivity contribution is -0.0000210. The maximum absolute atomic E-state index is 10.9. The minimum absolute atomic E-state index is 0. The number of hydrogen-bond donors (Lipinski definition) is 2. The second kappa shape index (κ2) is 10.4. The standard InChI is InChI=1S/C22H21NO3.ClH/c24-22(25)19-12-10-17(11-13-19)14-23-15-20-8-4-5-9-21(20)26-16-18-6-2-1-3-7-18;/h1-13,23H,14-16H2,(H,24,25);1H/p-1. The van der Waals surface area contributed by atoms with E-state index < -0.39 is 5.97 Å². The number of benzene rings is 3. The molecule has 0 saturated carbocycles. The van der Waals surface area contributed by atoms with Crippen LogP contribution in [0, 0.1) is 0 Å². The summed E-state index contributed by atoms with van der Waals surface area (Å²) < 4.78 is 5.96. The minimum Gasteiger partial charge on any atom is -1.00 e. The first-order valence-electron chi connectivity index (χ1n) is 8.50. The van der Waals surface area contributed by atoms with Crippen molar-refractivity contribution in [2.75, 3.05) is 0 Å². The Morgan fingerprint density at radius 3 is 2.19 bits per heavy atom. The molecule has 0 heterocycles. The summed E-state index contributed by atoms with van der Waals surface area (Å²) in [4.78, 5) is 10.9. The monoisotopic (exact) mass is 382 g/mol. The van der Waals surface area contributed by atoms with Crippen LogP contribution < -0.4 is 22.5 Å². The molecular formula is C22H21ClNO3-. The third kappa shape index (κ3) is 6.13. The van der Waals surface area contributed by atoms with Gasteiger partial charge in [0, 0.05) is 18.7 Å². The van der Waals surface area contributed by atoms with Gasteiger partial charge in [0.25, 0.3) is 0 Å². The van der Waals surface area contributed by atoms with Gasteiger partial charge in [-0.15, -0.1) is 0 Å². The Bertz CT molecular complexity index is 851. The molecule has 0 fully saturated rings. The highest BCUT2D eigenvalue weighted by atomic mass is 35.5. The van der Waals surface area contributed by atoms with Gasteiger partial charge < -0.3 is 27.6 Å². The Balaban J connectivity index is 0.00000261. The van der Waals surface area contributed by atoms with Gasteiger partial charge in [-0.1, -0.05) is 60.7 Å². The number of rotatable bonds is 8. The van der Waals surface area contributed by atoms with E-state index in [9.17, 15) is 4.79 Å². The number of nitrogens with one attached hydrogen (secondary N) is 1. The molecule has 27 heavy (non-hydrogen) atoms. The summed E-state index contributed by atoms with van der Waals surface area (Å²) in [5.41, 5.74) is 3.56. The molecule has 2 N–H and O–H groups in total. The molecule has 3 rings (SSSR count). The van der Waals surface area contributed by atoms with Gasteiger partial charge in [0.05, 0.1) is 5.56 Å². The number of carboxylic acids is 1. The Kier molecular flexibility index (Phi) is 7.86. The summed E-state index contributed by atoms with van der Waals surface area (Å²) >= 11 is 0. The third-order valence-electron chi connectivity index (χ3n) is 4.06. The SMILES string of the molecule is O=C(O)c1ccc(CNCc2ccccc2OCc2ccccc2)cc1.[Cl-]. The van der Waals surface area contributed by atoms with E-state index in [0.717, 1.165) is 22.4 Å². The number of halogens is 1. The van der Waals surface area contributed by atoms with Crippen molar-refractivity contribution in [3.8, 4) is 5.75 Å². The first-order chi connectivity index (χ1) is 12.7. The molecule has 0 unspecified atom stereocenters. The van der Waals surface area contributed by atoms with E-state index in [1.165, 1.54) is 0 Å². The second-order valence-electron chi connectivity index (χ2n) is 5.99. The van der Waals surface area contributed by atoms with Crippen LogP contribution >= 0.6 is 0 Å². The van der Waals surface area contributed by atoms with Gasteiger partial charge >= 0.3 is 5.97 Å². The zero-order valence-electron chi connectivity index (χ0n) is 14.8. The van der Waals surface area contributed by atoms with Gasteiger partial charge in [-0.05, 0) is 29.3 Å². The quantitative estimate of drug-likeness (QED) is 0.616. The number of para-hydroxylation sites is 1. The molecule has 0 radical (unpaired) electrons. The number of carboxylic acid groups (broad SMARTS) is 1. The molecule has 4 nitrogen and oxygen atoms in total. The van der Waals surface area contributed by atoms with E-state index in [-0.39, 0.29) is 12.4 Å². The summed E-state index contributed by atoms with van der Waals surface area (Å²) in [5.74, 6) is -0.0425. The van der Waals surface area contributed by atoms with Gasteiger partial charge in [0.1, 0.15) is 12.4 Å². The Morgan fingerprint density at radius 2 is 1.48 bits per heavy atom. The van der Waals surface area contributed by atoms with Crippen molar-refractivity contribution in [1.29, 1.82) is 0 Å². The smallest absolute Gasteiger partial charge is 0.335 e. The first kappa shape index (κ1) is 20.5. The predicted molar refractivity (Wildman–Crippen MR) is 101 cm³/mol. The van der Waals surface area contributed by atoms with Crippen LogP contribution in [0.15, 0.2) is 78.9 Å². The summed E-state index contributed by atoms with van der Waals surface area (Å²) in [6.45, 7) is 1.87.